The van der Waals surface area contributed by atoms with E-state index in [0.717, 1.165) is 31.1 Å². The number of nitrogens with one attached hydrogen (secondary N) is 1. The molecular formula is C14H17N5O. The Morgan fingerprint density at radius 1 is 1.25 bits per heavy atom. The zero-order chi connectivity index (χ0) is 13.4. The van der Waals surface area contributed by atoms with Crippen LogP contribution in [0, 0.1) is 5.92 Å². The molecule has 1 saturated heterocycles. The molecule has 1 aliphatic heterocycles. The Labute approximate surface area is 117 Å². The Balaban J connectivity index is 1.27. The van der Waals surface area contributed by atoms with Crippen molar-refractivity contribution in [1.29, 1.82) is 0 Å². The SMILES string of the molecule is c1coc(NCC2CN(c3ccc(C4CC4)nn3)C2)n1. The summed E-state index contributed by atoms with van der Waals surface area (Å²) in [7, 11) is 0. The fraction of sp³-hybridized carbons (Fsp3) is 0.500. The third-order valence-corrected chi connectivity index (χ3v) is 3.92. The van der Waals surface area contributed by atoms with Crippen molar-refractivity contribution in [3.63, 3.8) is 0 Å². The van der Waals surface area contributed by atoms with Gasteiger partial charge in [-0.3, -0.25) is 0 Å². The minimum Gasteiger partial charge on any atom is -0.432 e. The molecule has 0 aromatic carbocycles. The van der Waals surface area contributed by atoms with Crippen LogP contribution < -0.4 is 10.2 Å². The van der Waals surface area contributed by atoms with Crippen LogP contribution in [-0.4, -0.2) is 34.8 Å². The van der Waals surface area contributed by atoms with Crippen molar-refractivity contribution in [1.82, 2.24) is 15.2 Å². The van der Waals surface area contributed by atoms with E-state index in [4.69, 9.17) is 4.42 Å². The molecule has 0 bridgehead atoms. The van der Waals surface area contributed by atoms with E-state index in [0.29, 0.717) is 17.9 Å². The van der Waals surface area contributed by atoms with Gasteiger partial charge in [0, 0.05) is 31.5 Å². The van der Waals surface area contributed by atoms with Gasteiger partial charge in [0.25, 0.3) is 6.01 Å². The van der Waals surface area contributed by atoms with Gasteiger partial charge in [-0.2, -0.15) is 5.10 Å². The van der Waals surface area contributed by atoms with Crippen molar-refractivity contribution in [2.24, 2.45) is 5.92 Å². The number of hydrogen-bond acceptors (Lipinski definition) is 6. The average molecular weight is 271 g/mol. The van der Waals surface area contributed by atoms with Crippen molar-refractivity contribution >= 4 is 11.8 Å². The van der Waals surface area contributed by atoms with Crippen LogP contribution in [0.25, 0.3) is 0 Å². The van der Waals surface area contributed by atoms with E-state index in [1.807, 2.05) is 0 Å². The predicted octanol–water partition coefficient (Wildman–Crippen LogP) is 1.89. The van der Waals surface area contributed by atoms with Gasteiger partial charge in [-0.1, -0.05) is 0 Å². The van der Waals surface area contributed by atoms with E-state index >= 15 is 0 Å². The molecule has 6 heteroatoms. The zero-order valence-electron chi connectivity index (χ0n) is 11.2. The number of hydrogen-bond donors (Lipinski definition) is 1. The van der Waals surface area contributed by atoms with Crippen molar-refractivity contribution < 1.29 is 4.42 Å². The fourth-order valence-electron chi connectivity index (χ4n) is 2.53. The molecule has 0 amide bonds. The fourth-order valence-corrected chi connectivity index (χ4v) is 2.53. The molecule has 0 atom stereocenters. The van der Waals surface area contributed by atoms with Gasteiger partial charge < -0.3 is 14.6 Å². The minimum atomic E-state index is 0.594. The van der Waals surface area contributed by atoms with Crippen molar-refractivity contribution in [2.45, 2.75) is 18.8 Å². The lowest BCUT2D eigenvalue weighted by molar-refractivity contribution is 0.420. The van der Waals surface area contributed by atoms with Gasteiger partial charge in [0.05, 0.1) is 11.9 Å². The second-order valence-corrected chi connectivity index (χ2v) is 5.58. The number of nitrogens with zero attached hydrogens (tertiary/aromatic N) is 4. The van der Waals surface area contributed by atoms with Crippen LogP contribution in [0.1, 0.15) is 24.5 Å². The minimum absolute atomic E-state index is 0.594. The average Bonchev–Trinajstić information content (AvgIpc) is 3.15. The van der Waals surface area contributed by atoms with Gasteiger partial charge in [-0.15, -0.1) is 5.10 Å². The monoisotopic (exact) mass is 271 g/mol. The Kier molecular flexibility index (Phi) is 2.79. The summed E-state index contributed by atoms with van der Waals surface area (Å²) < 4.78 is 5.15. The molecule has 2 aromatic heterocycles. The van der Waals surface area contributed by atoms with Crippen LogP contribution >= 0.6 is 0 Å². The molecule has 2 aliphatic rings. The van der Waals surface area contributed by atoms with E-state index in [9.17, 15) is 0 Å². The molecule has 6 nitrogen and oxygen atoms in total. The Morgan fingerprint density at radius 2 is 2.15 bits per heavy atom. The van der Waals surface area contributed by atoms with Gasteiger partial charge in [-0.25, -0.2) is 4.98 Å². The Morgan fingerprint density at radius 3 is 2.80 bits per heavy atom. The number of aromatic nitrogens is 3. The molecule has 4 rings (SSSR count). The summed E-state index contributed by atoms with van der Waals surface area (Å²) in [6.07, 6.45) is 5.76. The summed E-state index contributed by atoms with van der Waals surface area (Å²) in [5.41, 5.74) is 1.15. The summed E-state index contributed by atoms with van der Waals surface area (Å²) >= 11 is 0. The van der Waals surface area contributed by atoms with Crippen LogP contribution in [0.15, 0.2) is 29.0 Å². The van der Waals surface area contributed by atoms with Crippen LogP contribution in [0.2, 0.25) is 0 Å². The normalized spacial score (nSPS) is 18.9. The summed E-state index contributed by atoms with van der Waals surface area (Å²) in [5.74, 6) is 2.26. The highest BCUT2D eigenvalue weighted by atomic mass is 16.4. The largest absolute Gasteiger partial charge is 0.432 e. The number of oxazole rings is 1. The predicted molar refractivity (Wildman–Crippen MR) is 74.7 cm³/mol. The molecule has 1 aliphatic carbocycles. The molecule has 2 aromatic rings. The summed E-state index contributed by atoms with van der Waals surface area (Å²) in [6, 6.07) is 4.81. The highest BCUT2D eigenvalue weighted by molar-refractivity contribution is 5.41. The van der Waals surface area contributed by atoms with Crippen LogP contribution in [0.5, 0.6) is 0 Å². The van der Waals surface area contributed by atoms with E-state index in [-0.39, 0.29) is 0 Å². The standard InChI is InChI=1S/C14H17N5O/c1-2-11(1)12-3-4-13(18-17-12)19-8-10(9-19)7-16-14-15-5-6-20-14/h3-6,10-11H,1-2,7-9H2,(H,15,16). The van der Waals surface area contributed by atoms with Crippen molar-refractivity contribution in [2.75, 3.05) is 29.9 Å². The summed E-state index contributed by atoms with van der Waals surface area (Å²) in [6.45, 7) is 2.89. The maximum Gasteiger partial charge on any atom is 0.294 e. The first-order chi connectivity index (χ1) is 9.88. The first-order valence-corrected chi connectivity index (χ1v) is 7.10. The van der Waals surface area contributed by atoms with E-state index < -0.39 is 0 Å². The zero-order valence-corrected chi connectivity index (χ0v) is 11.2. The smallest absolute Gasteiger partial charge is 0.294 e. The Bertz CT molecular complexity index is 558. The maximum atomic E-state index is 5.15. The first kappa shape index (κ1) is 11.7. The lowest BCUT2D eigenvalue weighted by Gasteiger charge is -2.39. The topological polar surface area (TPSA) is 67.1 Å². The second kappa shape index (κ2) is 4.77. The molecular weight excluding hydrogens is 254 g/mol. The lowest BCUT2D eigenvalue weighted by Crippen LogP contribution is -2.50. The molecule has 0 spiro atoms. The second-order valence-electron chi connectivity index (χ2n) is 5.58. The molecule has 1 saturated carbocycles. The highest BCUT2D eigenvalue weighted by Gasteiger charge is 2.29. The van der Waals surface area contributed by atoms with E-state index in [1.54, 1.807) is 12.5 Å². The summed E-state index contributed by atoms with van der Waals surface area (Å²) in [5, 5.41) is 11.8. The third-order valence-electron chi connectivity index (χ3n) is 3.92. The van der Waals surface area contributed by atoms with Gasteiger partial charge in [-0.05, 0) is 25.0 Å². The van der Waals surface area contributed by atoms with E-state index in [2.05, 4.69) is 37.5 Å². The molecule has 0 unspecified atom stereocenters. The van der Waals surface area contributed by atoms with Gasteiger partial charge in [0.1, 0.15) is 6.26 Å². The molecule has 1 N–H and O–H groups in total. The van der Waals surface area contributed by atoms with Gasteiger partial charge in [0.2, 0.25) is 0 Å². The molecule has 20 heavy (non-hydrogen) atoms. The van der Waals surface area contributed by atoms with Crippen LogP contribution in [0.4, 0.5) is 11.8 Å². The Hall–Kier alpha value is -2.11. The number of anilines is 2. The van der Waals surface area contributed by atoms with Crippen LogP contribution in [-0.2, 0) is 0 Å². The van der Waals surface area contributed by atoms with Crippen molar-refractivity contribution in [3.05, 3.63) is 30.3 Å². The summed E-state index contributed by atoms with van der Waals surface area (Å²) in [4.78, 5) is 6.30. The highest BCUT2D eigenvalue weighted by Crippen LogP contribution is 2.38. The molecule has 0 radical (unpaired) electrons. The molecule has 104 valence electrons. The lowest BCUT2D eigenvalue weighted by atomic mass is 10.0. The van der Waals surface area contributed by atoms with Crippen molar-refractivity contribution in [3.8, 4) is 0 Å². The first-order valence-electron chi connectivity index (χ1n) is 7.10. The number of rotatable bonds is 5. The molecule has 3 heterocycles. The quantitative estimate of drug-likeness (QED) is 0.895. The van der Waals surface area contributed by atoms with Gasteiger partial charge in [0.15, 0.2) is 5.82 Å². The molecule has 2 fully saturated rings. The van der Waals surface area contributed by atoms with Gasteiger partial charge >= 0.3 is 0 Å². The van der Waals surface area contributed by atoms with E-state index in [1.165, 1.54) is 12.8 Å². The maximum absolute atomic E-state index is 5.15. The third kappa shape index (κ3) is 2.33. The van der Waals surface area contributed by atoms with Crippen LogP contribution in [0.3, 0.4) is 0 Å².